The molecule has 1 aromatic heterocycles. The summed E-state index contributed by atoms with van der Waals surface area (Å²) in [6.45, 7) is 2.42. The van der Waals surface area contributed by atoms with Crippen molar-refractivity contribution in [1.82, 2.24) is 9.97 Å². The number of anilines is 3. The lowest BCUT2D eigenvalue weighted by atomic mass is 10.2. The zero-order valence-corrected chi connectivity index (χ0v) is 16.0. The molecule has 0 saturated heterocycles. The fourth-order valence-electron chi connectivity index (χ4n) is 2.55. The second-order valence-corrected chi connectivity index (χ2v) is 5.85. The molecule has 0 fully saturated rings. The van der Waals surface area contributed by atoms with E-state index in [2.05, 4.69) is 25.3 Å². The van der Waals surface area contributed by atoms with Crippen LogP contribution in [0.25, 0.3) is 0 Å². The van der Waals surface area contributed by atoms with Crippen molar-refractivity contribution in [2.75, 3.05) is 24.4 Å². The maximum absolute atomic E-state index is 12.6. The Labute approximate surface area is 167 Å². The Morgan fingerprint density at radius 1 is 1.07 bits per heavy atom. The highest BCUT2D eigenvalue weighted by Crippen LogP contribution is 2.26. The number of nitrogens with zero attached hydrogens (tertiary/aromatic N) is 2. The van der Waals surface area contributed by atoms with Crippen LogP contribution in [0.2, 0.25) is 0 Å². The lowest BCUT2D eigenvalue weighted by Crippen LogP contribution is -2.15. The molecule has 0 aliphatic heterocycles. The molecule has 8 nitrogen and oxygen atoms in total. The van der Waals surface area contributed by atoms with E-state index in [1.165, 1.54) is 25.4 Å². The number of carbonyl (C=O) groups excluding carboxylic acids is 2. The molecule has 0 aliphatic rings. The van der Waals surface area contributed by atoms with E-state index in [-0.39, 0.29) is 11.6 Å². The molecule has 0 bridgehead atoms. The second-order valence-electron chi connectivity index (χ2n) is 5.85. The van der Waals surface area contributed by atoms with Gasteiger partial charge in [-0.05, 0) is 43.3 Å². The van der Waals surface area contributed by atoms with E-state index >= 15 is 0 Å². The Hall–Kier alpha value is -3.94. The zero-order chi connectivity index (χ0) is 20.6. The molecule has 0 spiro atoms. The van der Waals surface area contributed by atoms with Gasteiger partial charge in [0.2, 0.25) is 5.95 Å². The zero-order valence-electron chi connectivity index (χ0n) is 16.0. The number of rotatable bonds is 7. The maximum Gasteiger partial charge on any atom is 0.337 e. The van der Waals surface area contributed by atoms with Gasteiger partial charge in [0.25, 0.3) is 5.91 Å². The molecule has 0 atom stereocenters. The topological polar surface area (TPSA) is 102 Å². The average molecular weight is 392 g/mol. The van der Waals surface area contributed by atoms with Crippen LogP contribution >= 0.6 is 0 Å². The van der Waals surface area contributed by atoms with Crippen molar-refractivity contribution in [2.24, 2.45) is 0 Å². The van der Waals surface area contributed by atoms with Gasteiger partial charge < -0.3 is 20.1 Å². The SMILES string of the molecule is CCOc1ccccc1Nc1nccc(C(=O)Nc2cccc(C(=O)OC)c2)n1. The number of methoxy groups -OCH3 is 1. The van der Waals surface area contributed by atoms with Crippen LogP contribution in [0.1, 0.15) is 27.8 Å². The summed E-state index contributed by atoms with van der Waals surface area (Å²) in [5.41, 5.74) is 1.65. The van der Waals surface area contributed by atoms with Gasteiger partial charge in [0, 0.05) is 11.9 Å². The second kappa shape index (κ2) is 9.32. The average Bonchev–Trinajstić information content (AvgIpc) is 2.75. The Morgan fingerprint density at radius 3 is 2.69 bits per heavy atom. The Balaban J connectivity index is 1.76. The van der Waals surface area contributed by atoms with Crippen molar-refractivity contribution in [2.45, 2.75) is 6.92 Å². The molecule has 0 saturated carbocycles. The first-order valence-corrected chi connectivity index (χ1v) is 8.92. The minimum Gasteiger partial charge on any atom is -0.492 e. The van der Waals surface area contributed by atoms with Gasteiger partial charge in [-0.2, -0.15) is 0 Å². The summed E-state index contributed by atoms with van der Waals surface area (Å²) in [5.74, 6) is -0.000613. The van der Waals surface area contributed by atoms with Crippen molar-refractivity contribution in [3.05, 3.63) is 72.1 Å². The number of aromatic nitrogens is 2. The molecule has 3 aromatic rings. The highest BCUT2D eigenvalue weighted by Gasteiger charge is 2.12. The minimum atomic E-state index is -0.484. The number of carbonyl (C=O) groups is 2. The van der Waals surface area contributed by atoms with Crippen LogP contribution in [-0.2, 0) is 4.74 Å². The van der Waals surface area contributed by atoms with E-state index in [1.807, 2.05) is 31.2 Å². The fourth-order valence-corrected chi connectivity index (χ4v) is 2.55. The summed E-state index contributed by atoms with van der Waals surface area (Å²) in [6, 6.07) is 15.3. The number of hydrogen-bond donors (Lipinski definition) is 2. The lowest BCUT2D eigenvalue weighted by molar-refractivity contribution is 0.0600. The molecular weight excluding hydrogens is 372 g/mol. The van der Waals surface area contributed by atoms with Crippen molar-refractivity contribution in [1.29, 1.82) is 0 Å². The van der Waals surface area contributed by atoms with Crippen molar-refractivity contribution < 1.29 is 19.1 Å². The molecule has 0 unspecified atom stereocenters. The van der Waals surface area contributed by atoms with E-state index in [0.29, 0.717) is 29.3 Å². The Bertz CT molecular complexity index is 1020. The van der Waals surface area contributed by atoms with Gasteiger partial charge >= 0.3 is 5.97 Å². The number of hydrogen-bond acceptors (Lipinski definition) is 7. The van der Waals surface area contributed by atoms with Crippen molar-refractivity contribution in [3.63, 3.8) is 0 Å². The highest BCUT2D eigenvalue weighted by molar-refractivity contribution is 6.03. The molecule has 1 amide bonds. The van der Waals surface area contributed by atoms with Crippen LogP contribution in [0.5, 0.6) is 5.75 Å². The Kier molecular flexibility index (Phi) is 6.36. The smallest absolute Gasteiger partial charge is 0.337 e. The first-order valence-electron chi connectivity index (χ1n) is 8.92. The Morgan fingerprint density at radius 2 is 1.90 bits per heavy atom. The fraction of sp³-hybridized carbons (Fsp3) is 0.143. The van der Waals surface area contributed by atoms with E-state index in [0.717, 1.165) is 0 Å². The third-order valence-corrected chi connectivity index (χ3v) is 3.86. The third-order valence-electron chi connectivity index (χ3n) is 3.86. The molecule has 8 heteroatoms. The summed E-state index contributed by atoms with van der Waals surface area (Å²) in [6.07, 6.45) is 1.48. The maximum atomic E-state index is 12.6. The van der Waals surface area contributed by atoms with Gasteiger partial charge in [-0.3, -0.25) is 4.79 Å². The number of esters is 1. The summed E-state index contributed by atoms with van der Waals surface area (Å²) in [5, 5.41) is 5.77. The quantitative estimate of drug-likeness (QED) is 0.592. The van der Waals surface area contributed by atoms with Gasteiger partial charge in [0.15, 0.2) is 0 Å². The number of ether oxygens (including phenoxy) is 2. The largest absolute Gasteiger partial charge is 0.492 e. The first-order chi connectivity index (χ1) is 14.1. The monoisotopic (exact) mass is 392 g/mol. The van der Waals surface area contributed by atoms with Gasteiger partial charge in [-0.25, -0.2) is 14.8 Å². The molecule has 2 aromatic carbocycles. The highest BCUT2D eigenvalue weighted by atomic mass is 16.5. The number of benzene rings is 2. The normalized spacial score (nSPS) is 10.1. The summed E-state index contributed by atoms with van der Waals surface area (Å²) in [4.78, 5) is 32.6. The van der Waals surface area contributed by atoms with E-state index in [9.17, 15) is 9.59 Å². The molecule has 29 heavy (non-hydrogen) atoms. The molecule has 3 rings (SSSR count). The van der Waals surface area contributed by atoms with Crippen molar-refractivity contribution >= 4 is 29.2 Å². The van der Waals surface area contributed by atoms with Gasteiger partial charge in [0.1, 0.15) is 11.4 Å². The van der Waals surface area contributed by atoms with Crippen LogP contribution < -0.4 is 15.4 Å². The summed E-state index contributed by atoms with van der Waals surface area (Å²) < 4.78 is 10.3. The van der Waals surface area contributed by atoms with E-state index < -0.39 is 11.9 Å². The standard InChI is InChI=1S/C21H20N4O4/c1-3-29-18-10-5-4-9-16(18)24-21-22-12-11-17(25-21)19(26)23-15-8-6-7-14(13-15)20(27)28-2/h4-13H,3H2,1-2H3,(H,23,26)(H,22,24,25). The molecule has 0 radical (unpaired) electrons. The summed E-state index contributed by atoms with van der Waals surface area (Å²) in [7, 11) is 1.30. The van der Waals surface area contributed by atoms with Crippen LogP contribution in [0, 0.1) is 0 Å². The van der Waals surface area contributed by atoms with Crippen LogP contribution in [0.3, 0.4) is 0 Å². The van der Waals surface area contributed by atoms with E-state index in [1.54, 1.807) is 18.2 Å². The molecule has 2 N–H and O–H groups in total. The van der Waals surface area contributed by atoms with Crippen molar-refractivity contribution in [3.8, 4) is 5.75 Å². The minimum absolute atomic E-state index is 0.167. The third kappa shape index (κ3) is 5.07. The number of amides is 1. The van der Waals surface area contributed by atoms with Crippen LogP contribution in [0.4, 0.5) is 17.3 Å². The number of para-hydroxylation sites is 2. The van der Waals surface area contributed by atoms with E-state index in [4.69, 9.17) is 4.74 Å². The van der Waals surface area contributed by atoms with Gasteiger partial charge in [0.05, 0.1) is 25.0 Å². The van der Waals surface area contributed by atoms with Gasteiger partial charge in [-0.15, -0.1) is 0 Å². The molecule has 0 aliphatic carbocycles. The molecule has 148 valence electrons. The lowest BCUT2D eigenvalue weighted by Gasteiger charge is -2.11. The molecular formula is C21H20N4O4. The van der Waals surface area contributed by atoms with Crippen LogP contribution in [0.15, 0.2) is 60.8 Å². The van der Waals surface area contributed by atoms with Gasteiger partial charge in [-0.1, -0.05) is 18.2 Å². The van der Waals surface area contributed by atoms with Crippen LogP contribution in [-0.4, -0.2) is 35.6 Å². The molecule has 1 heterocycles. The first kappa shape index (κ1) is 19.8. The number of nitrogens with one attached hydrogen (secondary N) is 2. The predicted octanol–water partition coefficient (Wildman–Crippen LogP) is 3.66. The predicted molar refractivity (Wildman–Crippen MR) is 109 cm³/mol. The summed E-state index contributed by atoms with van der Waals surface area (Å²) >= 11 is 0.